The van der Waals surface area contributed by atoms with Crippen molar-refractivity contribution in [1.29, 1.82) is 0 Å². The molecule has 0 fully saturated rings. The highest BCUT2D eigenvalue weighted by atomic mass is 16.3. The number of quaternary nitrogens is 1. The van der Waals surface area contributed by atoms with Gasteiger partial charge in [0.15, 0.2) is 17.6 Å². The van der Waals surface area contributed by atoms with E-state index in [1.54, 1.807) is 12.3 Å². The average molecular weight is 332 g/mol. The minimum atomic E-state index is -0.108. The zero-order chi connectivity index (χ0) is 17.1. The molecule has 1 atom stereocenters. The first-order valence-corrected chi connectivity index (χ1v) is 8.21. The molecule has 0 radical (unpaired) electrons. The number of nitrogens with one attached hydrogen (secondary N) is 1. The number of fused-ring (bicyclic) bond motifs is 1. The van der Waals surface area contributed by atoms with Gasteiger partial charge in [0.05, 0.1) is 17.2 Å². The summed E-state index contributed by atoms with van der Waals surface area (Å²) >= 11 is 0. The molecule has 0 bridgehead atoms. The Kier molecular flexibility index (Phi) is 4.14. The number of aromatic nitrogens is 2. The Balaban J connectivity index is 1.63. The van der Waals surface area contributed by atoms with E-state index in [4.69, 9.17) is 4.42 Å². The number of H-pyrrole nitrogens is 1. The molecule has 5 nitrogen and oxygen atoms in total. The minimum absolute atomic E-state index is 0.00738. The highest BCUT2D eigenvalue weighted by molar-refractivity contribution is 5.77. The van der Waals surface area contributed by atoms with Crippen LogP contribution in [0.4, 0.5) is 0 Å². The van der Waals surface area contributed by atoms with Crippen LogP contribution in [0.5, 0.6) is 0 Å². The van der Waals surface area contributed by atoms with Crippen molar-refractivity contribution >= 4 is 10.9 Å². The van der Waals surface area contributed by atoms with Crippen LogP contribution in [0.25, 0.3) is 10.9 Å². The Labute approximate surface area is 144 Å². The van der Waals surface area contributed by atoms with Crippen molar-refractivity contribution in [2.75, 3.05) is 0 Å². The smallest absolute Gasteiger partial charge is 0.258 e. The molecule has 0 aliphatic heterocycles. The first kappa shape index (κ1) is 15.4. The molecule has 0 saturated heterocycles. The Hall–Kier alpha value is -3.18. The Morgan fingerprint density at radius 3 is 2.60 bits per heavy atom. The number of nitrogens with two attached hydrogens (primary N) is 1. The fourth-order valence-corrected chi connectivity index (χ4v) is 3.01. The topological polar surface area (TPSA) is 75.5 Å². The number of hydrogen-bond donors (Lipinski definition) is 2. The van der Waals surface area contributed by atoms with Crippen LogP contribution in [0.2, 0.25) is 0 Å². The molecular weight excluding hydrogens is 314 g/mol. The largest absolute Gasteiger partial charge is 0.463 e. The predicted molar refractivity (Wildman–Crippen MR) is 95.0 cm³/mol. The molecule has 0 saturated carbocycles. The summed E-state index contributed by atoms with van der Waals surface area (Å²) in [6.07, 6.45) is 1.68. The van der Waals surface area contributed by atoms with Crippen molar-refractivity contribution in [2.45, 2.75) is 12.6 Å². The molecule has 3 N–H and O–H groups in total. The predicted octanol–water partition coefficient (Wildman–Crippen LogP) is 2.37. The van der Waals surface area contributed by atoms with Gasteiger partial charge in [-0.2, -0.15) is 0 Å². The number of hydrogen-bond acceptors (Lipinski definition) is 3. The van der Waals surface area contributed by atoms with Gasteiger partial charge < -0.3 is 14.7 Å². The van der Waals surface area contributed by atoms with E-state index in [2.05, 4.69) is 27.4 Å². The summed E-state index contributed by atoms with van der Waals surface area (Å²) in [6.45, 7) is 0.542. The van der Waals surface area contributed by atoms with Gasteiger partial charge in [0.25, 0.3) is 5.56 Å². The van der Waals surface area contributed by atoms with Crippen LogP contribution in [-0.2, 0) is 6.54 Å². The van der Waals surface area contributed by atoms with Crippen molar-refractivity contribution in [1.82, 2.24) is 9.97 Å². The number of aromatic amines is 1. The molecule has 124 valence electrons. The van der Waals surface area contributed by atoms with E-state index in [0.29, 0.717) is 23.3 Å². The van der Waals surface area contributed by atoms with E-state index in [9.17, 15) is 4.79 Å². The molecule has 0 amide bonds. The first-order chi connectivity index (χ1) is 12.3. The van der Waals surface area contributed by atoms with E-state index < -0.39 is 0 Å². The van der Waals surface area contributed by atoms with E-state index >= 15 is 0 Å². The van der Waals surface area contributed by atoms with Gasteiger partial charge in [0, 0.05) is 5.56 Å². The molecule has 0 spiro atoms. The number of nitrogens with zero attached hydrogens (tertiary/aromatic N) is 1. The second-order valence-electron chi connectivity index (χ2n) is 5.87. The fourth-order valence-electron chi connectivity index (χ4n) is 3.01. The van der Waals surface area contributed by atoms with Crippen LogP contribution in [0.3, 0.4) is 0 Å². The minimum Gasteiger partial charge on any atom is -0.463 e. The lowest BCUT2D eigenvalue weighted by Gasteiger charge is -2.13. The number of rotatable bonds is 5. The molecule has 0 aliphatic carbocycles. The normalized spacial score (nSPS) is 12.3. The zero-order valence-electron chi connectivity index (χ0n) is 13.6. The maximum absolute atomic E-state index is 12.2. The summed E-state index contributed by atoms with van der Waals surface area (Å²) < 4.78 is 5.61. The van der Waals surface area contributed by atoms with Gasteiger partial charge in [0.2, 0.25) is 0 Å². The standard InChI is InChI=1S/C20H17N3O2/c24-20-15-9-4-5-10-16(15)22-18(23-20)13-21-19(17-11-6-12-25-17)14-7-2-1-3-8-14/h1-12,19,21H,13H2,(H,22,23,24)/p+1/t19-/m1/s1. The summed E-state index contributed by atoms with van der Waals surface area (Å²) in [6, 6.07) is 21.4. The molecule has 2 aromatic carbocycles. The van der Waals surface area contributed by atoms with Crippen LogP contribution < -0.4 is 10.9 Å². The van der Waals surface area contributed by atoms with Crippen molar-refractivity contribution < 1.29 is 9.73 Å². The van der Waals surface area contributed by atoms with E-state index in [-0.39, 0.29) is 11.6 Å². The average Bonchev–Trinajstić information content (AvgIpc) is 3.17. The third-order valence-electron chi connectivity index (χ3n) is 4.22. The van der Waals surface area contributed by atoms with Crippen LogP contribution >= 0.6 is 0 Å². The van der Waals surface area contributed by atoms with Crippen LogP contribution in [0, 0.1) is 0 Å². The second-order valence-corrected chi connectivity index (χ2v) is 5.87. The molecule has 4 aromatic rings. The van der Waals surface area contributed by atoms with E-state index in [1.165, 1.54) is 0 Å². The Morgan fingerprint density at radius 1 is 1.00 bits per heavy atom. The highest BCUT2D eigenvalue weighted by Crippen LogP contribution is 2.18. The Morgan fingerprint density at radius 2 is 1.80 bits per heavy atom. The van der Waals surface area contributed by atoms with E-state index in [0.717, 1.165) is 11.3 Å². The summed E-state index contributed by atoms with van der Waals surface area (Å²) in [5.74, 6) is 1.52. The fraction of sp³-hybridized carbons (Fsp3) is 0.100. The molecular formula is C20H18N3O2+. The summed E-state index contributed by atoms with van der Waals surface area (Å²) in [7, 11) is 0. The second kappa shape index (κ2) is 6.75. The van der Waals surface area contributed by atoms with Gasteiger partial charge in [0.1, 0.15) is 6.54 Å². The third-order valence-corrected chi connectivity index (χ3v) is 4.22. The molecule has 4 rings (SSSR count). The lowest BCUT2D eigenvalue weighted by atomic mass is 10.0. The van der Waals surface area contributed by atoms with Crippen LogP contribution in [-0.4, -0.2) is 9.97 Å². The van der Waals surface area contributed by atoms with Gasteiger partial charge >= 0.3 is 0 Å². The number of furan rings is 1. The number of para-hydroxylation sites is 1. The SMILES string of the molecule is O=c1[nH]c(C[NH2+][C@H](c2ccccc2)c2ccco2)nc2ccccc12. The molecule has 0 aliphatic rings. The van der Waals surface area contributed by atoms with Gasteiger partial charge in [-0.15, -0.1) is 0 Å². The van der Waals surface area contributed by atoms with Crippen molar-refractivity contribution in [3.05, 3.63) is 100 Å². The quantitative estimate of drug-likeness (QED) is 0.589. The molecule has 2 heterocycles. The maximum atomic E-state index is 12.2. The van der Waals surface area contributed by atoms with Gasteiger partial charge in [-0.05, 0) is 24.3 Å². The third kappa shape index (κ3) is 3.22. The van der Waals surface area contributed by atoms with E-state index in [1.807, 2.05) is 48.5 Å². The van der Waals surface area contributed by atoms with Gasteiger partial charge in [-0.1, -0.05) is 42.5 Å². The highest BCUT2D eigenvalue weighted by Gasteiger charge is 2.20. The molecule has 5 heteroatoms. The summed E-state index contributed by atoms with van der Waals surface area (Å²) in [5, 5.41) is 2.72. The monoisotopic (exact) mass is 332 g/mol. The molecule has 25 heavy (non-hydrogen) atoms. The molecule has 2 aromatic heterocycles. The van der Waals surface area contributed by atoms with Crippen molar-refractivity contribution in [3.63, 3.8) is 0 Å². The number of benzene rings is 2. The van der Waals surface area contributed by atoms with Crippen LogP contribution in [0.1, 0.15) is 23.2 Å². The zero-order valence-corrected chi connectivity index (χ0v) is 13.6. The lowest BCUT2D eigenvalue weighted by Crippen LogP contribution is -2.84. The first-order valence-electron chi connectivity index (χ1n) is 8.21. The Bertz CT molecular complexity index is 1020. The maximum Gasteiger partial charge on any atom is 0.258 e. The molecule has 0 unspecified atom stereocenters. The summed E-state index contributed by atoms with van der Waals surface area (Å²) in [4.78, 5) is 19.7. The van der Waals surface area contributed by atoms with Gasteiger partial charge in [-0.3, -0.25) is 4.79 Å². The van der Waals surface area contributed by atoms with Crippen molar-refractivity contribution in [3.8, 4) is 0 Å². The summed E-state index contributed by atoms with van der Waals surface area (Å²) in [5.41, 5.74) is 1.74. The van der Waals surface area contributed by atoms with Crippen molar-refractivity contribution in [2.24, 2.45) is 0 Å². The lowest BCUT2D eigenvalue weighted by molar-refractivity contribution is -0.705. The van der Waals surface area contributed by atoms with Crippen LogP contribution in [0.15, 0.2) is 82.2 Å². The van der Waals surface area contributed by atoms with Gasteiger partial charge in [-0.25, -0.2) is 4.98 Å².